The predicted octanol–water partition coefficient (Wildman–Crippen LogP) is 3.33. The summed E-state index contributed by atoms with van der Waals surface area (Å²) in [6, 6.07) is 14.0. The molecule has 0 atom stereocenters. The van der Waals surface area contributed by atoms with Crippen LogP contribution in [0.15, 0.2) is 54.0 Å². The first kappa shape index (κ1) is 12.0. The summed E-state index contributed by atoms with van der Waals surface area (Å²) in [5.41, 5.74) is 9.71. The molecule has 3 rings (SSSR count). The molecule has 0 aliphatic carbocycles. The fourth-order valence-electron chi connectivity index (χ4n) is 1.87. The van der Waals surface area contributed by atoms with E-state index in [1.807, 2.05) is 35.7 Å². The summed E-state index contributed by atoms with van der Waals surface area (Å²) < 4.78 is 0. The first-order valence-corrected chi connectivity index (χ1v) is 6.91. The summed E-state index contributed by atoms with van der Waals surface area (Å²) >= 11 is 1.62. The highest BCUT2D eigenvalue weighted by atomic mass is 32.1. The number of nitrogens with two attached hydrogens (primary N) is 1. The Morgan fingerprint density at radius 1 is 1.05 bits per heavy atom. The Kier molecular flexibility index (Phi) is 3.35. The van der Waals surface area contributed by atoms with Gasteiger partial charge in [-0.3, -0.25) is 4.98 Å². The van der Waals surface area contributed by atoms with Crippen LogP contribution in [0.4, 0.5) is 0 Å². The Hall–Kier alpha value is -2.04. The van der Waals surface area contributed by atoms with Crippen LogP contribution in [0.5, 0.6) is 0 Å². The van der Waals surface area contributed by atoms with Gasteiger partial charge in [0.25, 0.3) is 0 Å². The summed E-state index contributed by atoms with van der Waals surface area (Å²) in [6.07, 6.45) is 1.78. The van der Waals surface area contributed by atoms with Crippen LogP contribution >= 0.6 is 11.3 Å². The molecular weight excluding hydrogens is 254 g/mol. The maximum atomic E-state index is 5.67. The first-order chi connectivity index (χ1) is 9.36. The Morgan fingerprint density at radius 2 is 2.00 bits per heavy atom. The van der Waals surface area contributed by atoms with Crippen molar-refractivity contribution in [3.63, 3.8) is 0 Å². The standard InChI is InChI=1S/C15H13N3S/c16-9-11-4-3-5-12(8-11)15-18-14(10-19-15)13-6-1-2-7-17-13/h1-8,10H,9,16H2. The second-order valence-corrected chi connectivity index (χ2v) is 5.02. The maximum absolute atomic E-state index is 5.67. The molecule has 4 heteroatoms. The van der Waals surface area contributed by atoms with E-state index >= 15 is 0 Å². The molecule has 2 heterocycles. The second-order valence-electron chi connectivity index (χ2n) is 4.16. The zero-order valence-electron chi connectivity index (χ0n) is 10.3. The molecule has 0 saturated carbocycles. The van der Waals surface area contributed by atoms with Crippen LogP contribution in [0.25, 0.3) is 22.0 Å². The molecule has 0 spiro atoms. The van der Waals surface area contributed by atoms with Crippen molar-refractivity contribution in [2.24, 2.45) is 5.73 Å². The van der Waals surface area contributed by atoms with E-state index in [-0.39, 0.29) is 0 Å². The van der Waals surface area contributed by atoms with Crippen LogP contribution in [0.1, 0.15) is 5.56 Å². The molecule has 0 radical (unpaired) electrons. The molecule has 0 fully saturated rings. The zero-order chi connectivity index (χ0) is 13.1. The minimum Gasteiger partial charge on any atom is -0.326 e. The normalized spacial score (nSPS) is 10.6. The third-order valence-electron chi connectivity index (χ3n) is 2.84. The van der Waals surface area contributed by atoms with Crippen molar-refractivity contribution in [1.82, 2.24) is 9.97 Å². The number of nitrogens with zero attached hydrogens (tertiary/aromatic N) is 2. The predicted molar refractivity (Wildman–Crippen MR) is 78.7 cm³/mol. The van der Waals surface area contributed by atoms with Gasteiger partial charge in [0.15, 0.2) is 0 Å². The van der Waals surface area contributed by atoms with Gasteiger partial charge in [0.05, 0.1) is 5.69 Å². The van der Waals surface area contributed by atoms with Crippen molar-refractivity contribution >= 4 is 11.3 Å². The van der Waals surface area contributed by atoms with Gasteiger partial charge in [-0.15, -0.1) is 11.3 Å². The van der Waals surface area contributed by atoms with Crippen molar-refractivity contribution in [1.29, 1.82) is 0 Å². The van der Waals surface area contributed by atoms with E-state index in [2.05, 4.69) is 22.1 Å². The Morgan fingerprint density at radius 3 is 2.79 bits per heavy atom. The van der Waals surface area contributed by atoms with Crippen LogP contribution < -0.4 is 5.73 Å². The molecule has 1 aromatic carbocycles. The Labute approximate surface area is 115 Å². The molecule has 3 aromatic rings. The number of aromatic nitrogens is 2. The molecular formula is C15H13N3S. The van der Waals surface area contributed by atoms with Crippen molar-refractivity contribution in [3.05, 3.63) is 59.6 Å². The minimum atomic E-state index is 0.548. The number of thiazole rings is 1. The van der Waals surface area contributed by atoms with E-state index in [9.17, 15) is 0 Å². The number of pyridine rings is 1. The zero-order valence-corrected chi connectivity index (χ0v) is 11.1. The highest BCUT2D eigenvalue weighted by Crippen LogP contribution is 2.28. The highest BCUT2D eigenvalue weighted by Gasteiger charge is 2.07. The van der Waals surface area contributed by atoms with E-state index < -0.39 is 0 Å². The molecule has 0 bridgehead atoms. The fourth-order valence-corrected chi connectivity index (χ4v) is 2.68. The third kappa shape index (κ3) is 2.54. The second kappa shape index (κ2) is 5.30. The Balaban J connectivity index is 1.97. The van der Waals surface area contributed by atoms with Crippen LogP contribution in [0, 0.1) is 0 Å². The summed E-state index contributed by atoms with van der Waals surface area (Å²) in [5, 5.41) is 3.03. The average molecular weight is 267 g/mol. The van der Waals surface area contributed by atoms with Crippen molar-refractivity contribution in [3.8, 4) is 22.0 Å². The van der Waals surface area contributed by atoms with Gasteiger partial charge >= 0.3 is 0 Å². The van der Waals surface area contributed by atoms with Crippen LogP contribution in [0.3, 0.4) is 0 Å². The van der Waals surface area contributed by atoms with Gasteiger partial charge in [-0.1, -0.05) is 24.3 Å². The van der Waals surface area contributed by atoms with Crippen molar-refractivity contribution in [2.45, 2.75) is 6.54 Å². The lowest BCUT2D eigenvalue weighted by Gasteiger charge is -2.00. The summed E-state index contributed by atoms with van der Waals surface area (Å²) in [6.45, 7) is 0.548. The molecule has 0 amide bonds. The van der Waals surface area contributed by atoms with E-state index in [0.29, 0.717) is 6.54 Å². The number of rotatable bonds is 3. The van der Waals surface area contributed by atoms with Gasteiger partial charge in [0.2, 0.25) is 0 Å². The van der Waals surface area contributed by atoms with Gasteiger partial charge in [-0.05, 0) is 23.8 Å². The lowest BCUT2D eigenvalue weighted by Crippen LogP contribution is -1.95. The summed E-state index contributed by atoms with van der Waals surface area (Å²) in [4.78, 5) is 8.96. The molecule has 19 heavy (non-hydrogen) atoms. The first-order valence-electron chi connectivity index (χ1n) is 6.03. The number of benzene rings is 1. The fraction of sp³-hybridized carbons (Fsp3) is 0.0667. The van der Waals surface area contributed by atoms with Gasteiger partial charge in [-0.2, -0.15) is 0 Å². The third-order valence-corrected chi connectivity index (χ3v) is 3.73. The molecule has 0 aliphatic rings. The van der Waals surface area contributed by atoms with Gasteiger partial charge in [0, 0.05) is 23.7 Å². The van der Waals surface area contributed by atoms with Crippen molar-refractivity contribution < 1.29 is 0 Å². The van der Waals surface area contributed by atoms with Crippen molar-refractivity contribution in [2.75, 3.05) is 0 Å². The monoisotopic (exact) mass is 267 g/mol. The van der Waals surface area contributed by atoms with E-state index in [1.54, 1.807) is 17.5 Å². The minimum absolute atomic E-state index is 0.548. The largest absolute Gasteiger partial charge is 0.326 e. The highest BCUT2D eigenvalue weighted by molar-refractivity contribution is 7.13. The maximum Gasteiger partial charge on any atom is 0.124 e. The van der Waals surface area contributed by atoms with E-state index in [1.165, 1.54) is 0 Å². The lowest BCUT2D eigenvalue weighted by molar-refractivity contribution is 1.07. The number of hydrogen-bond donors (Lipinski definition) is 1. The van der Waals surface area contributed by atoms with Crippen LogP contribution in [-0.4, -0.2) is 9.97 Å². The lowest BCUT2D eigenvalue weighted by atomic mass is 10.1. The van der Waals surface area contributed by atoms with E-state index in [4.69, 9.17) is 5.73 Å². The molecule has 0 aliphatic heterocycles. The SMILES string of the molecule is NCc1cccc(-c2nc(-c3ccccn3)cs2)c1. The van der Waals surface area contributed by atoms with Gasteiger partial charge in [-0.25, -0.2) is 4.98 Å². The Bertz CT molecular complexity index is 677. The summed E-state index contributed by atoms with van der Waals surface area (Å²) in [7, 11) is 0. The van der Waals surface area contributed by atoms with Gasteiger partial charge < -0.3 is 5.73 Å². The molecule has 0 saturated heterocycles. The van der Waals surface area contributed by atoms with Gasteiger partial charge in [0.1, 0.15) is 10.7 Å². The molecule has 0 unspecified atom stereocenters. The number of hydrogen-bond acceptors (Lipinski definition) is 4. The molecule has 94 valence electrons. The molecule has 2 N–H and O–H groups in total. The van der Waals surface area contributed by atoms with Crippen LogP contribution in [-0.2, 0) is 6.54 Å². The smallest absolute Gasteiger partial charge is 0.124 e. The van der Waals surface area contributed by atoms with E-state index in [0.717, 1.165) is 27.5 Å². The summed E-state index contributed by atoms with van der Waals surface area (Å²) in [5.74, 6) is 0. The molecule has 3 nitrogen and oxygen atoms in total. The average Bonchev–Trinajstić information content (AvgIpc) is 2.98. The topological polar surface area (TPSA) is 51.8 Å². The van der Waals surface area contributed by atoms with Crippen LogP contribution in [0.2, 0.25) is 0 Å². The molecule has 2 aromatic heterocycles. The quantitative estimate of drug-likeness (QED) is 0.792.